The number of anilines is 1. The van der Waals surface area contributed by atoms with Gasteiger partial charge in [-0.2, -0.15) is 0 Å². The lowest BCUT2D eigenvalue weighted by Crippen LogP contribution is -2.49. The van der Waals surface area contributed by atoms with Crippen LogP contribution in [0.15, 0.2) is 30.3 Å². The van der Waals surface area contributed by atoms with Gasteiger partial charge in [0.15, 0.2) is 0 Å². The van der Waals surface area contributed by atoms with Crippen LogP contribution in [-0.2, 0) is 0 Å². The van der Waals surface area contributed by atoms with Crippen LogP contribution in [0, 0.1) is 12.7 Å². The van der Waals surface area contributed by atoms with Gasteiger partial charge in [-0.1, -0.05) is 26.0 Å². The zero-order chi connectivity index (χ0) is 18.0. The number of aromatic nitrogens is 2. The first-order valence-corrected chi connectivity index (χ1v) is 8.60. The molecule has 2 aromatic rings. The Kier molecular flexibility index (Phi) is 4.97. The molecule has 0 aliphatic carbocycles. The van der Waals surface area contributed by atoms with Gasteiger partial charge in [0.25, 0.3) is 5.91 Å². The van der Waals surface area contributed by atoms with Gasteiger partial charge in [0.05, 0.1) is 5.56 Å². The Morgan fingerprint density at radius 1 is 1.12 bits per heavy atom. The van der Waals surface area contributed by atoms with Crippen LogP contribution >= 0.6 is 0 Å². The number of piperazine rings is 1. The van der Waals surface area contributed by atoms with Crippen molar-refractivity contribution in [1.82, 2.24) is 14.9 Å². The molecule has 2 heterocycles. The van der Waals surface area contributed by atoms with E-state index in [9.17, 15) is 9.18 Å². The highest BCUT2D eigenvalue weighted by atomic mass is 19.1. The molecule has 0 atom stereocenters. The van der Waals surface area contributed by atoms with E-state index in [0.29, 0.717) is 26.2 Å². The average Bonchev–Trinajstić information content (AvgIpc) is 2.61. The number of carbonyl (C=O) groups excluding carboxylic acids is 1. The third-order valence-electron chi connectivity index (χ3n) is 4.37. The lowest BCUT2D eigenvalue weighted by molar-refractivity contribution is 0.0742. The van der Waals surface area contributed by atoms with Crippen molar-refractivity contribution in [3.63, 3.8) is 0 Å². The Morgan fingerprint density at radius 3 is 2.44 bits per heavy atom. The highest BCUT2D eigenvalue weighted by Crippen LogP contribution is 2.19. The van der Waals surface area contributed by atoms with Crippen molar-refractivity contribution in [2.75, 3.05) is 31.1 Å². The van der Waals surface area contributed by atoms with Crippen LogP contribution in [0.3, 0.4) is 0 Å². The van der Waals surface area contributed by atoms with Gasteiger partial charge in [0.1, 0.15) is 17.5 Å². The highest BCUT2D eigenvalue weighted by Gasteiger charge is 2.25. The van der Waals surface area contributed by atoms with E-state index in [1.165, 1.54) is 12.1 Å². The van der Waals surface area contributed by atoms with Crippen LogP contribution in [0.4, 0.5) is 10.2 Å². The van der Waals surface area contributed by atoms with Crippen molar-refractivity contribution < 1.29 is 9.18 Å². The summed E-state index contributed by atoms with van der Waals surface area (Å²) >= 11 is 0. The molecule has 132 valence electrons. The quantitative estimate of drug-likeness (QED) is 0.860. The second kappa shape index (κ2) is 7.17. The molecule has 0 radical (unpaired) electrons. The number of nitrogens with zero attached hydrogens (tertiary/aromatic N) is 4. The second-order valence-electron chi connectivity index (χ2n) is 6.64. The molecule has 0 bridgehead atoms. The molecule has 0 N–H and O–H groups in total. The minimum atomic E-state index is -0.470. The molecule has 1 aromatic carbocycles. The van der Waals surface area contributed by atoms with Crippen LogP contribution in [0.1, 0.15) is 41.6 Å². The molecule has 0 saturated carbocycles. The molecule has 0 unspecified atom stereocenters. The predicted octanol–water partition coefficient (Wildman–Crippen LogP) is 3.01. The largest absolute Gasteiger partial charge is 0.353 e. The molecule has 25 heavy (non-hydrogen) atoms. The maximum Gasteiger partial charge on any atom is 0.256 e. The minimum absolute atomic E-state index is 0.135. The molecule has 5 nitrogen and oxygen atoms in total. The Labute approximate surface area is 147 Å². The van der Waals surface area contributed by atoms with E-state index in [1.807, 2.05) is 13.0 Å². The van der Waals surface area contributed by atoms with E-state index in [0.717, 1.165) is 17.3 Å². The van der Waals surface area contributed by atoms with Crippen molar-refractivity contribution in [1.29, 1.82) is 0 Å². The van der Waals surface area contributed by atoms with Crippen LogP contribution in [-0.4, -0.2) is 47.0 Å². The normalized spacial score (nSPS) is 14.9. The maximum absolute atomic E-state index is 13.8. The number of hydrogen-bond donors (Lipinski definition) is 0. The summed E-state index contributed by atoms with van der Waals surface area (Å²) in [4.78, 5) is 25.5. The van der Waals surface area contributed by atoms with E-state index in [2.05, 4.69) is 28.7 Å². The second-order valence-corrected chi connectivity index (χ2v) is 6.64. The van der Waals surface area contributed by atoms with E-state index in [1.54, 1.807) is 17.0 Å². The van der Waals surface area contributed by atoms with Gasteiger partial charge in [-0.15, -0.1) is 0 Å². The highest BCUT2D eigenvalue weighted by molar-refractivity contribution is 5.94. The van der Waals surface area contributed by atoms with Crippen LogP contribution in [0.25, 0.3) is 0 Å². The number of halogens is 1. The van der Waals surface area contributed by atoms with Gasteiger partial charge in [-0.25, -0.2) is 14.4 Å². The molecule has 0 spiro atoms. The van der Waals surface area contributed by atoms with Gasteiger partial charge in [0.2, 0.25) is 0 Å². The molecule has 1 saturated heterocycles. The third-order valence-corrected chi connectivity index (χ3v) is 4.37. The monoisotopic (exact) mass is 342 g/mol. The smallest absolute Gasteiger partial charge is 0.256 e. The lowest BCUT2D eigenvalue weighted by atomic mass is 10.1. The van der Waals surface area contributed by atoms with Crippen LogP contribution < -0.4 is 4.90 Å². The molecule has 1 aromatic heterocycles. The third kappa shape index (κ3) is 3.78. The fourth-order valence-electron chi connectivity index (χ4n) is 2.94. The summed E-state index contributed by atoms with van der Waals surface area (Å²) in [5.74, 6) is 1.28. The van der Waals surface area contributed by atoms with E-state index < -0.39 is 5.82 Å². The van der Waals surface area contributed by atoms with Crippen LogP contribution in [0.2, 0.25) is 0 Å². The summed E-state index contributed by atoms with van der Waals surface area (Å²) in [5.41, 5.74) is 1.08. The van der Waals surface area contributed by atoms with Gasteiger partial charge in [-0.3, -0.25) is 4.79 Å². The number of carbonyl (C=O) groups is 1. The van der Waals surface area contributed by atoms with Crippen molar-refractivity contribution in [2.24, 2.45) is 0 Å². The lowest BCUT2D eigenvalue weighted by Gasteiger charge is -2.35. The topological polar surface area (TPSA) is 49.3 Å². The van der Waals surface area contributed by atoms with Gasteiger partial charge in [0, 0.05) is 43.9 Å². The van der Waals surface area contributed by atoms with Crippen LogP contribution in [0.5, 0.6) is 0 Å². The summed E-state index contributed by atoms with van der Waals surface area (Å²) in [5, 5.41) is 0. The van der Waals surface area contributed by atoms with Gasteiger partial charge < -0.3 is 9.80 Å². The molecule has 6 heteroatoms. The van der Waals surface area contributed by atoms with Crippen molar-refractivity contribution >= 4 is 11.7 Å². The van der Waals surface area contributed by atoms with Crippen molar-refractivity contribution in [2.45, 2.75) is 26.7 Å². The maximum atomic E-state index is 13.8. The molecule has 1 fully saturated rings. The first-order chi connectivity index (χ1) is 12.0. The Morgan fingerprint density at radius 2 is 1.80 bits per heavy atom. The standard InChI is InChI=1S/C19H23FN4O/c1-13(2)18-21-14(3)12-17(22-18)23-8-10-24(11-9-23)19(25)15-6-4-5-7-16(15)20/h4-7,12-13H,8-11H2,1-3H3. The van der Waals surface area contributed by atoms with E-state index >= 15 is 0 Å². The Bertz CT molecular complexity index is 770. The zero-order valence-electron chi connectivity index (χ0n) is 14.9. The summed E-state index contributed by atoms with van der Waals surface area (Å²) in [7, 11) is 0. The number of benzene rings is 1. The van der Waals surface area contributed by atoms with E-state index in [4.69, 9.17) is 0 Å². The average molecular weight is 342 g/mol. The van der Waals surface area contributed by atoms with Gasteiger partial charge >= 0.3 is 0 Å². The van der Waals surface area contributed by atoms with E-state index in [-0.39, 0.29) is 17.4 Å². The summed E-state index contributed by atoms with van der Waals surface area (Å²) in [6.45, 7) is 8.56. The molecule has 1 amide bonds. The fourth-order valence-corrected chi connectivity index (χ4v) is 2.94. The molecule has 1 aliphatic heterocycles. The first-order valence-electron chi connectivity index (χ1n) is 8.60. The zero-order valence-corrected chi connectivity index (χ0v) is 14.9. The van der Waals surface area contributed by atoms with Crippen molar-refractivity contribution in [3.8, 4) is 0 Å². The number of rotatable bonds is 3. The first kappa shape index (κ1) is 17.3. The predicted molar refractivity (Wildman–Crippen MR) is 95.4 cm³/mol. The summed E-state index contributed by atoms with van der Waals surface area (Å²) in [6.07, 6.45) is 0. The Hall–Kier alpha value is -2.50. The minimum Gasteiger partial charge on any atom is -0.353 e. The molecular weight excluding hydrogens is 319 g/mol. The Balaban J connectivity index is 1.70. The summed E-state index contributed by atoms with van der Waals surface area (Å²) < 4.78 is 13.8. The molecular formula is C19H23FN4O. The van der Waals surface area contributed by atoms with Gasteiger partial charge in [-0.05, 0) is 19.1 Å². The summed E-state index contributed by atoms with van der Waals surface area (Å²) in [6, 6.07) is 8.10. The molecule has 1 aliphatic rings. The SMILES string of the molecule is Cc1cc(N2CCN(C(=O)c3ccccc3F)CC2)nc(C(C)C)n1. The fraction of sp³-hybridized carbons (Fsp3) is 0.421. The molecule has 3 rings (SSSR count). The number of hydrogen-bond acceptors (Lipinski definition) is 4. The van der Waals surface area contributed by atoms with Crippen molar-refractivity contribution in [3.05, 3.63) is 53.2 Å². The number of aryl methyl sites for hydroxylation is 1. The number of amides is 1.